The fraction of sp³-hybridized carbons (Fsp3) is 0.345. The Bertz CT molecular complexity index is 1290. The molecule has 1 fully saturated rings. The van der Waals surface area contributed by atoms with Crippen LogP contribution in [0.4, 0.5) is 15.9 Å². The maximum Gasteiger partial charge on any atom is 0.248 e. The zero-order chi connectivity index (χ0) is 26.5. The number of benzene rings is 2. The summed E-state index contributed by atoms with van der Waals surface area (Å²) in [6.45, 7) is 4.62. The summed E-state index contributed by atoms with van der Waals surface area (Å²) in [6, 6.07) is 14.2. The Labute approximate surface area is 217 Å². The third-order valence-corrected chi connectivity index (χ3v) is 6.36. The topological polar surface area (TPSA) is 90.1 Å². The molecule has 4 rings (SSSR count). The van der Waals surface area contributed by atoms with Crippen molar-refractivity contribution in [2.45, 2.75) is 38.5 Å². The average molecular weight is 504 g/mol. The van der Waals surface area contributed by atoms with Crippen molar-refractivity contribution in [2.75, 3.05) is 31.3 Å². The Kier molecular flexibility index (Phi) is 8.18. The molecule has 3 N–H and O–H groups in total. The van der Waals surface area contributed by atoms with Gasteiger partial charge in [-0.05, 0) is 61.7 Å². The molecule has 8 heteroatoms. The van der Waals surface area contributed by atoms with Gasteiger partial charge in [0.25, 0.3) is 0 Å². The minimum absolute atomic E-state index is 0.0342. The molecule has 0 spiro atoms. The number of carbonyl (C=O) groups is 2. The third-order valence-electron chi connectivity index (χ3n) is 6.36. The lowest BCUT2D eigenvalue weighted by Gasteiger charge is -2.21. The third kappa shape index (κ3) is 6.92. The van der Waals surface area contributed by atoms with E-state index in [1.807, 2.05) is 63.2 Å². The van der Waals surface area contributed by atoms with Crippen molar-refractivity contribution in [3.05, 3.63) is 77.8 Å². The molecule has 3 aromatic rings. The number of likely N-dealkylation sites (N-methyl/N-ethyl adjacent to an activating group) is 1. The van der Waals surface area contributed by atoms with Crippen molar-refractivity contribution in [3.63, 3.8) is 0 Å². The molecule has 0 aliphatic heterocycles. The molecule has 7 nitrogen and oxygen atoms in total. The average Bonchev–Trinajstić information content (AvgIpc) is 3.59. The lowest BCUT2D eigenvalue weighted by Crippen LogP contribution is -2.25. The fourth-order valence-electron chi connectivity index (χ4n) is 4.30. The van der Waals surface area contributed by atoms with Crippen LogP contribution in [0.25, 0.3) is 11.1 Å². The molecule has 1 aliphatic carbocycles. The summed E-state index contributed by atoms with van der Waals surface area (Å²) >= 11 is 0. The van der Waals surface area contributed by atoms with Crippen LogP contribution < -0.4 is 10.6 Å². The molecule has 37 heavy (non-hydrogen) atoms. The van der Waals surface area contributed by atoms with E-state index in [0.717, 1.165) is 29.7 Å². The number of amides is 2. The number of anilines is 2. The van der Waals surface area contributed by atoms with E-state index in [-0.39, 0.29) is 23.4 Å². The van der Waals surface area contributed by atoms with Gasteiger partial charge >= 0.3 is 0 Å². The Hall–Kier alpha value is -3.78. The van der Waals surface area contributed by atoms with Crippen LogP contribution in [0.2, 0.25) is 0 Å². The van der Waals surface area contributed by atoms with Crippen molar-refractivity contribution in [3.8, 4) is 11.1 Å². The van der Waals surface area contributed by atoms with Gasteiger partial charge in [0.2, 0.25) is 11.8 Å². The number of nitrogens with one attached hydrogen (secondary N) is 3. The van der Waals surface area contributed by atoms with Crippen LogP contribution in [0.5, 0.6) is 0 Å². The van der Waals surface area contributed by atoms with Crippen LogP contribution in [-0.4, -0.2) is 47.6 Å². The second-order valence-electron chi connectivity index (χ2n) is 10.2. The number of H-pyrrole nitrogens is 1. The first kappa shape index (κ1) is 26.3. The van der Waals surface area contributed by atoms with Crippen molar-refractivity contribution in [2.24, 2.45) is 5.92 Å². The van der Waals surface area contributed by atoms with Crippen molar-refractivity contribution in [1.82, 2.24) is 15.1 Å². The molecular weight excluding hydrogens is 469 g/mol. The van der Waals surface area contributed by atoms with Crippen molar-refractivity contribution in [1.29, 1.82) is 0 Å². The van der Waals surface area contributed by atoms with Gasteiger partial charge in [0.15, 0.2) is 5.82 Å². The highest BCUT2D eigenvalue weighted by Gasteiger charge is 2.28. The Morgan fingerprint density at radius 2 is 1.86 bits per heavy atom. The first-order valence-electron chi connectivity index (χ1n) is 12.6. The summed E-state index contributed by atoms with van der Waals surface area (Å²) in [7, 11) is 3.80. The van der Waals surface area contributed by atoms with Crippen LogP contribution in [0.1, 0.15) is 49.8 Å². The lowest BCUT2D eigenvalue weighted by molar-refractivity contribution is -0.118. The molecule has 1 aromatic heterocycles. The number of rotatable bonds is 10. The van der Waals surface area contributed by atoms with E-state index in [1.165, 1.54) is 12.1 Å². The fourth-order valence-corrected chi connectivity index (χ4v) is 4.30. The molecule has 0 saturated heterocycles. The summed E-state index contributed by atoms with van der Waals surface area (Å²) in [6.07, 6.45) is 5.41. The summed E-state index contributed by atoms with van der Waals surface area (Å²) < 4.78 is 14.8. The van der Waals surface area contributed by atoms with E-state index in [2.05, 4.69) is 20.8 Å². The molecule has 0 bridgehead atoms. The Morgan fingerprint density at radius 1 is 1.11 bits per heavy atom. The second kappa shape index (κ2) is 11.5. The van der Waals surface area contributed by atoms with E-state index in [0.29, 0.717) is 23.8 Å². The van der Waals surface area contributed by atoms with E-state index < -0.39 is 11.7 Å². The summed E-state index contributed by atoms with van der Waals surface area (Å²) in [5, 5.41) is 12.8. The van der Waals surface area contributed by atoms with Gasteiger partial charge in [0.05, 0.1) is 11.6 Å². The van der Waals surface area contributed by atoms with Crippen molar-refractivity contribution < 1.29 is 14.0 Å². The second-order valence-corrected chi connectivity index (χ2v) is 10.2. The summed E-state index contributed by atoms with van der Waals surface area (Å²) in [4.78, 5) is 27.2. The number of hydrogen-bond acceptors (Lipinski definition) is 4. The maximum absolute atomic E-state index is 14.8. The molecule has 2 aromatic carbocycles. The molecule has 1 heterocycles. The lowest BCUT2D eigenvalue weighted by atomic mass is 9.86. The van der Waals surface area contributed by atoms with Crippen LogP contribution >= 0.6 is 0 Å². The zero-order valence-electron chi connectivity index (χ0n) is 21.7. The SMILES string of the molecule is CC(C)C(C(=O)Nc1cc(C2CC2)[nH]n1)c1cccc(-c2ccc(NC(=O)/C=C/CN(C)C)c(F)c2)c1. The van der Waals surface area contributed by atoms with Gasteiger partial charge < -0.3 is 15.5 Å². The van der Waals surface area contributed by atoms with Gasteiger partial charge in [0, 0.05) is 30.3 Å². The predicted octanol–water partition coefficient (Wildman–Crippen LogP) is 5.53. The maximum atomic E-state index is 14.8. The van der Waals surface area contributed by atoms with Gasteiger partial charge in [-0.3, -0.25) is 14.7 Å². The van der Waals surface area contributed by atoms with Gasteiger partial charge in [0.1, 0.15) is 5.82 Å². The molecule has 1 aliphatic rings. The van der Waals surface area contributed by atoms with Crippen LogP contribution in [0.3, 0.4) is 0 Å². The highest BCUT2D eigenvalue weighted by atomic mass is 19.1. The van der Waals surface area contributed by atoms with Crippen LogP contribution in [0, 0.1) is 11.7 Å². The molecule has 1 unspecified atom stereocenters. The molecular formula is C29H34FN5O2. The normalized spacial score (nSPS) is 14.4. The van der Waals surface area contributed by atoms with Crippen LogP contribution in [0.15, 0.2) is 60.7 Å². The van der Waals surface area contributed by atoms with Gasteiger partial charge in [-0.15, -0.1) is 0 Å². The minimum atomic E-state index is -0.527. The van der Waals surface area contributed by atoms with Crippen LogP contribution in [-0.2, 0) is 9.59 Å². The quantitative estimate of drug-likeness (QED) is 0.318. The molecule has 194 valence electrons. The monoisotopic (exact) mass is 503 g/mol. The minimum Gasteiger partial charge on any atom is -0.320 e. The van der Waals surface area contributed by atoms with Gasteiger partial charge in [-0.25, -0.2) is 4.39 Å². The first-order valence-corrected chi connectivity index (χ1v) is 12.6. The molecule has 0 radical (unpaired) electrons. The molecule has 2 amide bonds. The van der Waals surface area contributed by atoms with E-state index in [4.69, 9.17) is 0 Å². The van der Waals surface area contributed by atoms with Gasteiger partial charge in [-0.1, -0.05) is 50.3 Å². The number of nitrogens with zero attached hydrogens (tertiary/aromatic N) is 2. The number of halogens is 1. The Morgan fingerprint density at radius 3 is 2.54 bits per heavy atom. The van der Waals surface area contributed by atoms with E-state index in [9.17, 15) is 14.0 Å². The van der Waals surface area contributed by atoms with Gasteiger partial charge in [-0.2, -0.15) is 5.10 Å². The zero-order valence-corrected chi connectivity index (χ0v) is 21.7. The van der Waals surface area contributed by atoms with Crippen molar-refractivity contribution >= 4 is 23.3 Å². The number of hydrogen-bond donors (Lipinski definition) is 3. The number of carbonyl (C=O) groups excluding carboxylic acids is 2. The number of aromatic amines is 1. The van der Waals surface area contributed by atoms with E-state index in [1.54, 1.807) is 18.2 Å². The van der Waals surface area contributed by atoms with E-state index >= 15 is 0 Å². The largest absolute Gasteiger partial charge is 0.320 e. The Balaban J connectivity index is 1.49. The molecule has 1 saturated carbocycles. The summed E-state index contributed by atoms with van der Waals surface area (Å²) in [5.74, 6) is -0.360. The highest BCUT2D eigenvalue weighted by molar-refractivity contribution is 5.99. The smallest absolute Gasteiger partial charge is 0.248 e. The summed E-state index contributed by atoms with van der Waals surface area (Å²) in [5.41, 5.74) is 3.46. The first-order chi connectivity index (χ1) is 17.7. The molecule has 1 atom stereocenters. The highest BCUT2D eigenvalue weighted by Crippen LogP contribution is 2.39. The standard InChI is InChI=1S/C29H34FN5O2/c1-18(2)28(29(37)32-26-17-25(33-34-26)19-10-11-19)22-8-5-7-20(15-22)21-12-13-24(23(30)16-21)31-27(36)9-6-14-35(3)4/h5-9,12-13,15-19,28H,10-11,14H2,1-4H3,(H,31,36)(H2,32,33,34,37)/b9-6+. The number of aromatic nitrogens is 2. The predicted molar refractivity (Wildman–Crippen MR) is 145 cm³/mol.